The average Bonchev–Trinajstić information content (AvgIpc) is 2.66. The number of thiocarbonyl (C=S) groups is 1. The van der Waals surface area contributed by atoms with Crippen molar-refractivity contribution in [3.63, 3.8) is 0 Å². The van der Waals surface area contributed by atoms with Crippen LogP contribution in [0, 0.1) is 11.8 Å². The Bertz CT molecular complexity index is 897. The lowest BCUT2D eigenvalue weighted by molar-refractivity contribution is -0.122. The second-order valence-electron chi connectivity index (χ2n) is 7.20. The van der Waals surface area contributed by atoms with Crippen LogP contribution in [-0.2, 0) is 11.3 Å². The van der Waals surface area contributed by atoms with Crippen molar-refractivity contribution in [3.05, 3.63) is 40.7 Å². The number of carbonyl (C=O) groups is 1. The Morgan fingerprint density at radius 1 is 1.26 bits per heavy atom. The third-order valence-electron chi connectivity index (χ3n) is 5.39. The Morgan fingerprint density at radius 2 is 2.04 bits per heavy atom. The molecule has 0 unspecified atom stereocenters. The molecule has 0 bridgehead atoms. The van der Waals surface area contributed by atoms with Crippen molar-refractivity contribution in [3.8, 4) is 0 Å². The summed E-state index contributed by atoms with van der Waals surface area (Å²) in [7, 11) is 0. The van der Waals surface area contributed by atoms with E-state index >= 15 is 0 Å². The molecule has 2 aromatic rings. The highest BCUT2D eigenvalue weighted by atomic mass is 32.1. The van der Waals surface area contributed by atoms with Crippen molar-refractivity contribution < 1.29 is 4.79 Å². The van der Waals surface area contributed by atoms with Gasteiger partial charge >= 0.3 is 0 Å². The van der Waals surface area contributed by atoms with E-state index in [9.17, 15) is 9.59 Å². The maximum Gasteiger partial charge on any atom is 0.260 e. The largest absolute Gasteiger partial charge is 0.358 e. The van der Waals surface area contributed by atoms with Crippen molar-refractivity contribution in [2.75, 3.05) is 0 Å². The first-order chi connectivity index (χ1) is 13.0. The summed E-state index contributed by atoms with van der Waals surface area (Å²) in [6.45, 7) is 4.47. The average molecular weight is 388 g/mol. The summed E-state index contributed by atoms with van der Waals surface area (Å²) in [4.78, 5) is 24.1. The summed E-state index contributed by atoms with van der Waals surface area (Å²) >= 11 is 5.30. The Morgan fingerprint density at radius 3 is 2.85 bits per heavy atom. The van der Waals surface area contributed by atoms with E-state index < -0.39 is 0 Å². The molecule has 1 heterocycles. The fourth-order valence-electron chi connectivity index (χ4n) is 3.58. The van der Waals surface area contributed by atoms with Gasteiger partial charge in [-0.15, -0.1) is 0 Å². The van der Waals surface area contributed by atoms with Gasteiger partial charge in [0.2, 0.25) is 5.43 Å². The van der Waals surface area contributed by atoms with E-state index in [0.29, 0.717) is 33.9 Å². The standard InChI is InChI=1S/C19H25N5O2S/c1-12-6-5-8-15(13(12)2)21-19(27)23-22-18(26)11-24-16-9-4-3-7-14(16)17(25)10-20-24/h3-4,7,9-10,12-13,15H,5-6,8,11H2,1-2H3,(H,22,26)(H2,21,23,27)/t12-,13+,15-/m0/s1. The Balaban J connectivity index is 1.55. The van der Waals surface area contributed by atoms with Gasteiger partial charge in [-0.2, -0.15) is 5.10 Å². The SMILES string of the molecule is C[C@H]1[C@@H](NC(=S)NNC(=O)Cn2ncc(=O)c3ccccc32)CCC[C@@H]1C. The van der Waals surface area contributed by atoms with Crippen LogP contribution >= 0.6 is 12.2 Å². The number of benzene rings is 1. The van der Waals surface area contributed by atoms with Crippen LogP contribution in [0.1, 0.15) is 33.1 Å². The lowest BCUT2D eigenvalue weighted by Gasteiger charge is -2.35. The van der Waals surface area contributed by atoms with E-state index in [2.05, 4.69) is 35.1 Å². The number of amides is 1. The van der Waals surface area contributed by atoms with E-state index in [-0.39, 0.29) is 17.9 Å². The summed E-state index contributed by atoms with van der Waals surface area (Å²) in [6, 6.07) is 7.39. The van der Waals surface area contributed by atoms with Gasteiger partial charge in [0.05, 0.1) is 11.7 Å². The smallest absolute Gasteiger partial charge is 0.260 e. The lowest BCUT2D eigenvalue weighted by Crippen LogP contribution is -2.53. The highest BCUT2D eigenvalue weighted by molar-refractivity contribution is 7.80. The van der Waals surface area contributed by atoms with E-state index in [0.717, 1.165) is 6.42 Å². The minimum Gasteiger partial charge on any atom is -0.358 e. The van der Waals surface area contributed by atoms with Crippen molar-refractivity contribution in [2.24, 2.45) is 11.8 Å². The molecule has 0 spiro atoms. The molecule has 1 aliphatic rings. The summed E-state index contributed by atoms with van der Waals surface area (Å²) in [6.07, 6.45) is 4.73. The molecule has 1 saturated carbocycles. The topological polar surface area (TPSA) is 88.0 Å². The van der Waals surface area contributed by atoms with Gasteiger partial charge < -0.3 is 5.32 Å². The van der Waals surface area contributed by atoms with Crippen LogP contribution in [0.4, 0.5) is 0 Å². The van der Waals surface area contributed by atoms with Gasteiger partial charge in [0.15, 0.2) is 5.11 Å². The molecule has 1 aromatic carbocycles. The maximum absolute atomic E-state index is 12.3. The van der Waals surface area contributed by atoms with Gasteiger partial charge in [-0.1, -0.05) is 38.8 Å². The highest BCUT2D eigenvalue weighted by Crippen LogP contribution is 2.29. The molecule has 3 N–H and O–H groups in total. The van der Waals surface area contributed by atoms with E-state index in [1.807, 2.05) is 6.07 Å². The predicted molar refractivity (Wildman–Crippen MR) is 109 cm³/mol. The molecule has 3 atom stereocenters. The third kappa shape index (κ3) is 4.63. The molecule has 0 radical (unpaired) electrons. The maximum atomic E-state index is 12.3. The van der Waals surface area contributed by atoms with Crippen LogP contribution in [0.15, 0.2) is 35.3 Å². The van der Waals surface area contributed by atoms with Crippen LogP contribution < -0.4 is 21.6 Å². The molecule has 0 aliphatic heterocycles. The van der Waals surface area contributed by atoms with Gasteiger partial charge in [0.25, 0.3) is 5.91 Å². The second kappa shape index (κ2) is 8.47. The van der Waals surface area contributed by atoms with Gasteiger partial charge in [-0.05, 0) is 42.6 Å². The number of carbonyl (C=O) groups excluding carboxylic acids is 1. The summed E-state index contributed by atoms with van der Waals surface area (Å²) in [5.74, 6) is 0.893. The molecule has 1 fully saturated rings. The van der Waals surface area contributed by atoms with Crippen molar-refractivity contribution in [1.82, 2.24) is 25.9 Å². The fraction of sp³-hybridized carbons (Fsp3) is 0.474. The van der Waals surface area contributed by atoms with Gasteiger partial charge in [-0.3, -0.25) is 25.1 Å². The van der Waals surface area contributed by atoms with Gasteiger partial charge in [-0.25, -0.2) is 0 Å². The Labute approximate surface area is 163 Å². The zero-order valence-electron chi connectivity index (χ0n) is 15.6. The molecule has 27 heavy (non-hydrogen) atoms. The van der Waals surface area contributed by atoms with Crippen LogP contribution in [0.3, 0.4) is 0 Å². The van der Waals surface area contributed by atoms with E-state index in [4.69, 9.17) is 12.2 Å². The lowest BCUT2D eigenvalue weighted by atomic mass is 9.78. The summed E-state index contributed by atoms with van der Waals surface area (Å²) in [5.41, 5.74) is 5.81. The molecule has 0 saturated heterocycles. The van der Waals surface area contributed by atoms with E-state index in [1.54, 1.807) is 18.2 Å². The van der Waals surface area contributed by atoms with Crippen LogP contribution in [0.5, 0.6) is 0 Å². The number of hydrogen-bond donors (Lipinski definition) is 3. The number of hydrogen-bond acceptors (Lipinski definition) is 4. The molecule has 1 aliphatic carbocycles. The first-order valence-corrected chi connectivity index (χ1v) is 9.66. The normalized spacial score (nSPS) is 22.2. The number of nitrogens with one attached hydrogen (secondary N) is 3. The number of aromatic nitrogens is 2. The summed E-state index contributed by atoms with van der Waals surface area (Å²) < 4.78 is 1.50. The number of rotatable bonds is 3. The minimum absolute atomic E-state index is 0.0206. The van der Waals surface area contributed by atoms with Crippen LogP contribution in [0.25, 0.3) is 10.9 Å². The van der Waals surface area contributed by atoms with Crippen molar-refractivity contribution in [2.45, 2.75) is 45.7 Å². The van der Waals surface area contributed by atoms with Crippen molar-refractivity contribution >= 4 is 34.1 Å². The number of hydrazine groups is 1. The molecule has 8 heteroatoms. The van der Waals surface area contributed by atoms with Gasteiger partial charge in [0.1, 0.15) is 6.54 Å². The molecule has 3 rings (SSSR count). The predicted octanol–water partition coefficient (Wildman–Crippen LogP) is 1.72. The zero-order valence-corrected chi connectivity index (χ0v) is 16.4. The monoisotopic (exact) mass is 387 g/mol. The molecule has 1 aromatic heterocycles. The quantitative estimate of drug-likeness (QED) is 0.549. The minimum atomic E-state index is -0.300. The number of nitrogens with zero attached hydrogens (tertiary/aromatic N) is 2. The number of fused-ring (bicyclic) bond motifs is 1. The Hall–Kier alpha value is -2.48. The zero-order chi connectivity index (χ0) is 19.4. The van der Waals surface area contributed by atoms with Crippen LogP contribution in [-0.4, -0.2) is 26.8 Å². The molecule has 1 amide bonds. The fourth-order valence-corrected chi connectivity index (χ4v) is 3.78. The van der Waals surface area contributed by atoms with Crippen LogP contribution in [0.2, 0.25) is 0 Å². The van der Waals surface area contributed by atoms with Crippen molar-refractivity contribution in [1.29, 1.82) is 0 Å². The second-order valence-corrected chi connectivity index (χ2v) is 7.61. The highest BCUT2D eigenvalue weighted by Gasteiger charge is 2.27. The molecule has 144 valence electrons. The Kier molecular flexibility index (Phi) is 6.05. The van der Waals surface area contributed by atoms with Gasteiger partial charge in [0, 0.05) is 11.4 Å². The molecule has 7 nitrogen and oxygen atoms in total. The molecular weight excluding hydrogens is 362 g/mol. The third-order valence-corrected chi connectivity index (χ3v) is 5.61. The first kappa shape index (κ1) is 19.3. The molecular formula is C19H25N5O2S. The first-order valence-electron chi connectivity index (χ1n) is 9.26. The summed E-state index contributed by atoms with van der Waals surface area (Å²) in [5, 5.41) is 8.29. The van der Waals surface area contributed by atoms with E-state index in [1.165, 1.54) is 23.7 Å². The number of para-hydroxylation sites is 1.